The Morgan fingerprint density at radius 2 is 1.96 bits per heavy atom. The fourth-order valence-corrected chi connectivity index (χ4v) is 3.86. The molecule has 2 rings (SSSR count). The van der Waals surface area contributed by atoms with E-state index in [-0.39, 0.29) is 11.8 Å². The third kappa shape index (κ3) is 4.49. The van der Waals surface area contributed by atoms with Crippen molar-refractivity contribution in [3.63, 3.8) is 0 Å². The first-order valence-electron chi connectivity index (χ1n) is 7.53. The van der Waals surface area contributed by atoms with Crippen molar-refractivity contribution in [3.05, 3.63) is 51.8 Å². The highest BCUT2D eigenvalue weighted by atomic mass is 79.9. The van der Waals surface area contributed by atoms with Crippen LogP contribution in [-0.2, 0) is 4.74 Å². The minimum absolute atomic E-state index is 0.168. The highest BCUT2D eigenvalue weighted by Gasteiger charge is 2.18. The van der Waals surface area contributed by atoms with Crippen LogP contribution in [0.25, 0.3) is 0 Å². The molecule has 0 saturated carbocycles. The van der Waals surface area contributed by atoms with Gasteiger partial charge in [-0.25, -0.2) is 0 Å². The van der Waals surface area contributed by atoms with Crippen molar-refractivity contribution in [1.82, 2.24) is 4.57 Å². The van der Waals surface area contributed by atoms with E-state index in [0.717, 1.165) is 26.3 Å². The number of halogens is 1. The predicted molar refractivity (Wildman–Crippen MR) is 99.7 cm³/mol. The highest BCUT2D eigenvalue weighted by molar-refractivity contribution is 9.10. The number of thioether (sulfide) groups is 1. The van der Waals surface area contributed by atoms with Gasteiger partial charge in [0.05, 0.1) is 18.4 Å². The zero-order valence-corrected chi connectivity index (χ0v) is 16.3. The quantitative estimate of drug-likeness (QED) is 0.485. The van der Waals surface area contributed by atoms with Crippen LogP contribution in [0.4, 0.5) is 0 Å². The summed E-state index contributed by atoms with van der Waals surface area (Å²) >= 11 is 4.99. The Hall–Kier alpha value is -1.04. The Labute approximate surface area is 150 Å². The summed E-state index contributed by atoms with van der Waals surface area (Å²) < 4.78 is 8.47. The van der Waals surface area contributed by atoms with E-state index in [9.17, 15) is 4.79 Å². The van der Waals surface area contributed by atoms with Crippen LogP contribution >= 0.6 is 27.7 Å². The number of Topliss-reactive ketones (excluding diaryl/α,β-unsaturated/α-hetero) is 1. The molecule has 1 aromatic carbocycles. The van der Waals surface area contributed by atoms with Crippen LogP contribution in [-0.4, -0.2) is 29.8 Å². The van der Waals surface area contributed by atoms with E-state index in [4.69, 9.17) is 4.74 Å². The van der Waals surface area contributed by atoms with Crippen molar-refractivity contribution in [2.24, 2.45) is 0 Å². The topological polar surface area (TPSA) is 31.2 Å². The number of benzene rings is 1. The Morgan fingerprint density at radius 3 is 2.57 bits per heavy atom. The van der Waals surface area contributed by atoms with E-state index in [2.05, 4.69) is 27.4 Å². The third-order valence-electron chi connectivity index (χ3n) is 3.82. The lowest BCUT2D eigenvalue weighted by Gasteiger charge is -2.17. The first-order valence-corrected chi connectivity index (χ1v) is 9.30. The number of carbonyl (C=O) groups excluding carboxylic acids is 1. The van der Waals surface area contributed by atoms with Crippen molar-refractivity contribution in [2.45, 2.75) is 31.7 Å². The highest BCUT2D eigenvalue weighted by Crippen LogP contribution is 2.25. The van der Waals surface area contributed by atoms with Crippen LogP contribution in [0, 0.1) is 13.8 Å². The molecule has 3 nitrogen and oxygen atoms in total. The lowest BCUT2D eigenvalue weighted by Crippen LogP contribution is -2.14. The number of hydrogen-bond donors (Lipinski definition) is 0. The van der Waals surface area contributed by atoms with E-state index < -0.39 is 0 Å². The molecule has 1 unspecified atom stereocenters. The SMILES string of the molecule is COCC(C)n1c(C)cc(C(=O)CSc2ccc(Br)cc2)c1C. The molecule has 0 N–H and O–H groups in total. The Bertz CT molecular complexity index is 679. The summed E-state index contributed by atoms with van der Waals surface area (Å²) in [5, 5.41) is 0. The minimum atomic E-state index is 0.168. The molecule has 0 bridgehead atoms. The Kier molecular flexibility index (Phi) is 6.50. The van der Waals surface area contributed by atoms with Crippen molar-refractivity contribution in [3.8, 4) is 0 Å². The molecule has 0 saturated heterocycles. The van der Waals surface area contributed by atoms with Gasteiger partial charge in [-0.3, -0.25) is 4.79 Å². The molecule has 1 heterocycles. The Morgan fingerprint density at radius 1 is 1.30 bits per heavy atom. The van der Waals surface area contributed by atoms with Gasteiger partial charge in [0.15, 0.2) is 5.78 Å². The number of aryl methyl sites for hydroxylation is 1. The molecule has 1 aromatic heterocycles. The maximum atomic E-state index is 12.6. The molecule has 5 heteroatoms. The van der Waals surface area contributed by atoms with E-state index >= 15 is 0 Å². The lowest BCUT2D eigenvalue weighted by atomic mass is 10.2. The number of aromatic nitrogens is 1. The van der Waals surface area contributed by atoms with Crippen molar-refractivity contribution < 1.29 is 9.53 Å². The zero-order valence-electron chi connectivity index (χ0n) is 13.9. The maximum absolute atomic E-state index is 12.6. The van der Waals surface area contributed by atoms with Crippen LogP contribution < -0.4 is 0 Å². The number of ether oxygens (including phenoxy) is 1. The molecule has 0 aliphatic rings. The smallest absolute Gasteiger partial charge is 0.174 e. The van der Waals surface area contributed by atoms with E-state index in [1.165, 1.54) is 0 Å². The molecule has 1 atom stereocenters. The van der Waals surface area contributed by atoms with Gasteiger partial charge in [-0.1, -0.05) is 15.9 Å². The van der Waals surface area contributed by atoms with Crippen LogP contribution in [0.15, 0.2) is 39.7 Å². The lowest BCUT2D eigenvalue weighted by molar-refractivity contribution is 0.102. The first kappa shape index (κ1) is 18.3. The second-order valence-electron chi connectivity index (χ2n) is 5.62. The second kappa shape index (κ2) is 8.18. The third-order valence-corrected chi connectivity index (χ3v) is 5.36. The molecule has 124 valence electrons. The molecular weight excluding hydrogens is 374 g/mol. The number of methoxy groups -OCH3 is 1. The molecule has 0 aliphatic carbocycles. The number of nitrogens with zero attached hydrogens (tertiary/aromatic N) is 1. The monoisotopic (exact) mass is 395 g/mol. The largest absolute Gasteiger partial charge is 0.383 e. The van der Waals surface area contributed by atoms with Gasteiger partial charge in [0, 0.05) is 33.4 Å². The first-order chi connectivity index (χ1) is 10.9. The van der Waals surface area contributed by atoms with Gasteiger partial charge in [0.1, 0.15) is 0 Å². The fourth-order valence-electron chi connectivity index (χ4n) is 2.81. The van der Waals surface area contributed by atoms with Gasteiger partial charge >= 0.3 is 0 Å². The van der Waals surface area contributed by atoms with Gasteiger partial charge in [0.25, 0.3) is 0 Å². The zero-order chi connectivity index (χ0) is 17.0. The van der Waals surface area contributed by atoms with Gasteiger partial charge in [-0.05, 0) is 51.1 Å². The van der Waals surface area contributed by atoms with Crippen LogP contribution in [0.3, 0.4) is 0 Å². The molecular formula is C18H22BrNO2S. The molecule has 0 fully saturated rings. The maximum Gasteiger partial charge on any atom is 0.174 e. The summed E-state index contributed by atoms with van der Waals surface area (Å²) in [6.45, 7) is 6.79. The Balaban J connectivity index is 2.10. The summed E-state index contributed by atoms with van der Waals surface area (Å²) in [6, 6.07) is 10.2. The van der Waals surface area contributed by atoms with Crippen LogP contribution in [0.2, 0.25) is 0 Å². The standard InChI is InChI=1S/C18H22BrNO2S/c1-12-9-17(14(3)20(12)13(2)10-22-4)18(21)11-23-16-7-5-15(19)6-8-16/h5-9,13H,10-11H2,1-4H3. The molecule has 0 amide bonds. The van der Waals surface area contributed by atoms with E-state index in [0.29, 0.717) is 12.4 Å². The van der Waals surface area contributed by atoms with Gasteiger partial charge in [-0.2, -0.15) is 0 Å². The summed E-state index contributed by atoms with van der Waals surface area (Å²) in [4.78, 5) is 13.7. The predicted octanol–water partition coefficient (Wildman–Crippen LogP) is 5.05. The molecule has 0 radical (unpaired) electrons. The van der Waals surface area contributed by atoms with Crippen molar-refractivity contribution >= 4 is 33.5 Å². The van der Waals surface area contributed by atoms with Crippen LogP contribution in [0.1, 0.15) is 34.7 Å². The van der Waals surface area contributed by atoms with E-state index in [1.807, 2.05) is 44.2 Å². The van der Waals surface area contributed by atoms with Gasteiger partial charge < -0.3 is 9.30 Å². The average molecular weight is 396 g/mol. The summed E-state index contributed by atoms with van der Waals surface area (Å²) in [7, 11) is 1.70. The van der Waals surface area contributed by atoms with Crippen molar-refractivity contribution in [1.29, 1.82) is 0 Å². The second-order valence-corrected chi connectivity index (χ2v) is 7.59. The van der Waals surface area contributed by atoms with E-state index in [1.54, 1.807) is 18.9 Å². The molecule has 0 aliphatic heterocycles. The number of carbonyl (C=O) groups is 1. The summed E-state index contributed by atoms with van der Waals surface area (Å²) in [6.07, 6.45) is 0. The molecule has 0 spiro atoms. The molecule has 2 aromatic rings. The minimum Gasteiger partial charge on any atom is -0.383 e. The average Bonchev–Trinajstić information content (AvgIpc) is 2.81. The number of hydrogen-bond acceptors (Lipinski definition) is 3. The summed E-state index contributed by atoms with van der Waals surface area (Å²) in [5.41, 5.74) is 2.94. The van der Waals surface area contributed by atoms with Crippen molar-refractivity contribution in [2.75, 3.05) is 19.5 Å². The van der Waals surface area contributed by atoms with Crippen LogP contribution in [0.5, 0.6) is 0 Å². The van der Waals surface area contributed by atoms with Gasteiger partial charge in [-0.15, -0.1) is 11.8 Å². The summed E-state index contributed by atoms with van der Waals surface area (Å²) in [5.74, 6) is 0.617. The fraction of sp³-hybridized carbons (Fsp3) is 0.389. The van der Waals surface area contributed by atoms with Gasteiger partial charge in [0.2, 0.25) is 0 Å². The number of rotatable bonds is 7. The molecule has 23 heavy (non-hydrogen) atoms. The normalized spacial score (nSPS) is 12.4. The number of ketones is 1.